The fourth-order valence-corrected chi connectivity index (χ4v) is 2.23. The molecule has 2 N–H and O–H groups in total. The van der Waals surface area contributed by atoms with Crippen LogP contribution < -0.4 is 10.5 Å². The number of hydrogen-bond donors (Lipinski definition) is 1. The number of aromatic nitrogens is 2. The van der Waals surface area contributed by atoms with Crippen LogP contribution in [0.2, 0.25) is 0 Å². The number of benzene rings is 1. The highest BCUT2D eigenvalue weighted by Gasteiger charge is 2.29. The van der Waals surface area contributed by atoms with Crippen LogP contribution in [0.5, 0.6) is 5.75 Å². The van der Waals surface area contributed by atoms with Crippen molar-refractivity contribution in [3.63, 3.8) is 0 Å². The summed E-state index contributed by atoms with van der Waals surface area (Å²) in [6.45, 7) is 2.97. The summed E-state index contributed by atoms with van der Waals surface area (Å²) in [4.78, 5) is 4.37. The minimum absolute atomic E-state index is 0.332. The van der Waals surface area contributed by atoms with Crippen LogP contribution in [0.4, 0.5) is 0 Å². The summed E-state index contributed by atoms with van der Waals surface area (Å²) < 4.78 is 11.1. The molecule has 1 aliphatic rings. The average Bonchev–Trinajstić information content (AvgIpc) is 3.18. The Kier molecular flexibility index (Phi) is 3.69. The van der Waals surface area contributed by atoms with Crippen molar-refractivity contribution in [1.29, 1.82) is 0 Å². The quantitative estimate of drug-likeness (QED) is 0.874. The topological polar surface area (TPSA) is 74.2 Å². The number of para-hydroxylation sites is 1. The van der Waals surface area contributed by atoms with E-state index < -0.39 is 0 Å². The summed E-state index contributed by atoms with van der Waals surface area (Å²) in [7, 11) is 0. The lowest BCUT2D eigenvalue weighted by Gasteiger charge is -2.12. The van der Waals surface area contributed by atoms with Gasteiger partial charge in [0.1, 0.15) is 5.75 Å². The van der Waals surface area contributed by atoms with E-state index in [1.807, 2.05) is 25.1 Å². The molecule has 20 heavy (non-hydrogen) atoms. The molecule has 0 radical (unpaired) electrons. The zero-order valence-electron chi connectivity index (χ0n) is 11.6. The number of ether oxygens (including phenoxy) is 1. The van der Waals surface area contributed by atoms with Crippen LogP contribution in [-0.2, 0) is 13.0 Å². The van der Waals surface area contributed by atoms with Gasteiger partial charge in [-0.25, -0.2) is 0 Å². The molecule has 5 heteroatoms. The van der Waals surface area contributed by atoms with Crippen LogP contribution in [0.15, 0.2) is 22.7 Å². The summed E-state index contributed by atoms with van der Waals surface area (Å²) in [5, 5.41) is 3.96. The van der Waals surface area contributed by atoms with E-state index in [4.69, 9.17) is 15.0 Å². The van der Waals surface area contributed by atoms with E-state index in [1.54, 1.807) is 0 Å². The van der Waals surface area contributed by atoms with E-state index in [0.717, 1.165) is 42.0 Å². The zero-order chi connectivity index (χ0) is 13.9. The Morgan fingerprint density at radius 3 is 3.00 bits per heavy atom. The van der Waals surface area contributed by atoms with Crippen molar-refractivity contribution in [2.75, 3.05) is 6.54 Å². The van der Waals surface area contributed by atoms with Crippen molar-refractivity contribution >= 4 is 0 Å². The monoisotopic (exact) mass is 273 g/mol. The second-order valence-corrected chi connectivity index (χ2v) is 5.21. The van der Waals surface area contributed by atoms with E-state index in [0.29, 0.717) is 24.9 Å². The van der Waals surface area contributed by atoms with Gasteiger partial charge in [-0.15, -0.1) is 0 Å². The molecular weight excluding hydrogens is 254 g/mol. The third kappa shape index (κ3) is 2.82. The third-order valence-corrected chi connectivity index (χ3v) is 3.46. The van der Waals surface area contributed by atoms with Gasteiger partial charge in [-0.1, -0.05) is 23.4 Å². The van der Waals surface area contributed by atoms with Gasteiger partial charge in [0.25, 0.3) is 0 Å². The van der Waals surface area contributed by atoms with Crippen LogP contribution in [0, 0.1) is 6.92 Å². The van der Waals surface area contributed by atoms with Gasteiger partial charge in [0.2, 0.25) is 11.7 Å². The molecule has 1 aromatic carbocycles. The Balaban J connectivity index is 1.70. The summed E-state index contributed by atoms with van der Waals surface area (Å²) in [6, 6.07) is 6.09. The molecule has 0 spiro atoms. The van der Waals surface area contributed by atoms with Crippen molar-refractivity contribution in [2.45, 2.75) is 38.7 Å². The predicted octanol–water partition coefficient (Wildman–Crippen LogP) is 2.34. The zero-order valence-corrected chi connectivity index (χ0v) is 11.6. The van der Waals surface area contributed by atoms with Gasteiger partial charge in [-0.2, -0.15) is 4.98 Å². The average molecular weight is 273 g/mol. The summed E-state index contributed by atoms with van der Waals surface area (Å²) in [5.41, 5.74) is 7.86. The Labute approximate surface area is 118 Å². The molecule has 5 nitrogen and oxygen atoms in total. The van der Waals surface area contributed by atoms with Gasteiger partial charge < -0.3 is 15.0 Å². The number of nitrogens with two attached hydrogens (primary N) is 1. The van der Waals surface area contributed by atoms with E-state index in [-0.39, 0.29) is 0 Å². The number of aryl methyl sites for hydroxylation is 1. The van der Waals surface area contributed by atoms with Crippen molar-refractivity contribution in [3.05, 3.63) is 41.0 Å². The SMILES string of the molecule is Cc1cccc(CCN)c1OCc1noc(C2CC2)n1. The molecule has 2 aromatic rings. The third-order valence-electron chi connectivity index (χ3n) is 3.46. The Hall–Kier alpha value is -1.88. The van der Waals surface area contributed by atoms with Gasteiger partial charge in [-0.3, -0.25) is 0 Å². The lowest BCUT2D eigenvalue weighted by molar-refractivity contribution is 0.281. The van der Waals surface area contributed by atoms with E-state index in [2.05, 4.69) is 10.1 Å². The molecule has 3 rings (SSSR count). The van der Waals surface area contributed by atoms with Crippen LogP contribution in [-0.4, -0.2) is 16.7 Å². The summed E-state index contributed by atoms with van der Waals surface area (Å²) in [6.07, 6.45) is 3.11. The fourth-order valence-electron chi connectivity index (χ4n) is 2.23. The van der Waals surface area contributed by atoms with Crippen molar-refractivity contribution in [3.8, 4) is 5.75 Å². The first kappa shape index (κ1) is 13.1. The largest absolute Gasteiger partial charge is 0.485 e. The Morgan fingerprint density at radius 2 is 2.25 bits per heavy atom. The van der Waals surface area contributed by atoms with Crippen LogP contribution >= 0.6 is 0 Å². The van der Waals surface area contributed by atoms with Crippen molar-refractivity contribution in [2.24, 2.45) is 5.73 Å². The number of nitrogens with zero attached hydrogens (tertiary/aromatic N) is 2. The fraction of sp³-hybridized carbons (Fsp3) is 0.467. The second kappa shape index (κ2) is 5.63. The van der Waals surface area contributed by atoms with Gasteiger partial charge in [0.05, 0.1) is 0 Å². The highest BCUT2D eigenvalue weighted by atomic mass is 16.5. The standard InChI is InChI=1S/C15H19N3O2/c1-10-3-2-4-11(7-8-16)14(10)19-9-13-17-15(20-18-13)12-5-6-12/h2-4,12H,5-9,16H2,1H3. The van der Waals surface area contributed by atoms with E-state index in [9.17, 15) is 0 Å². The van der Waals surface area contributed by atoms with E-state index in [1.165, 1.54) is 0 Å². The molecule has 1 aliphatic carbocycles. The van der Waals surface area contributed by atoms with Crippen molar-refractivity contribution in [1.82, 2.24) is 10.1 Å². The molecule has 0 amide bonds. The van der Waals surface area contributed by atoms with Gasteiger partial charge in [0.15, 0.2) is 6.61 Å². The molecule has 0 bridgehead atoms. The normalized spacial score (nSPS) is 14.5. The number of hydrogen-bond acceptors (Lipinski definition) is 5. The Bertz CT molecular complexity index is 591. The molecule has 0 unspecified atom stereocenters. The minimum atomic E-state index is 0.332. The molecule has 0 aliphatic heterocycles. The van der Waals surface area contributed by atoms with Crippen molar-refractivity contribution < 1.29 is 9.26 Å². The lowest BCUT2D eigenvalue weighted by Crippen LogP contribution is -2.07. The highest BCUT2D eigenvalue weighted by Crippen LogP contribution is 2.38. The molecule has 1 saturated carbocycles. The first-order chi connectivity index (χ1) is 9.78. The van der Waals surface area contributed by atoms with Crippen LogP contribution in [0.25, 0.3) is 0 Å². The van der Waals surface area contributed by atoms with Crippen LogP contribution in [0.1, 0.15) is 41.6 Å². The molecule has 1 heterocycles. The van der Waals surface area contributed by atoms with Gasteiger partial charge in [0, 0.05) is 5.92 Å². The first-order valence-corrected chi connectivity index (χ1v) is 7.01. The van der Waals surface area contributed by atoms with Gasteiger partial charge in [-0.05, 0) is 43.9 Å². The maximum Gasteiger partial charge on any atom is 0.229 e. The lowest BCUT2D eigenvalue weighted by atomic mass is 10.1. The number of rotatable bonds is 6. The smallest absolute Gasteiger partial charge is 0.229 e. The molecular formula is C15H19N3O2. The molecule has 1 aromatic heterocycles. The van der Waals surface area contributed by atoms with Crippen LogP contribution in [0.3, 0.4) is 0 Å². The maximum absolute atomic E-state index is 5.88. The molecule has 106 valence electrons. The highest BCUT2D eigenvalue weighted by molar-refractivity contribution is 5.41. The predicted molar refractivity (Wildman–Crippen MR) is 74.5 cm³/mol. The minimum Gasteiger partial charge on any atom is -0.485 e. The maximum atomic E-state index is 5.88. The Morgan fingerprint density at radius 1 is 1.40 bits per heavy atom. The molecule has 0 saturated heterocycles. The van der Waals surface area contributed by atoms with Gasteiger partial charge >= 0.3 is 0 Å². The first-order valence-electron chi connectivity index (χ1n) is 7.01. The second-order valence-electron chi connectivity index (χ2n) is 5.21. The van der Waals surface area contributed by atoms with E-state index >= 15 is 0 Å². The summed E-state index contributed by atoms with van der Waals surface area (Å²) >= 11 is 0. The molecule has 1 fully saturated rings. The summed E-state index contributed by atoms with van der Waals surface area (Å²) in [5.74, 6) is 2.71. The molecule has 0 atom stereocenters.